The average molecular weight is 438 g/mol. The van der Waals surface area contributed by atoms with Gasteiger partial charge in [-0.3, -0.25) is 4.79 Å². The summed E-state index contributed by atoms with van der Waals surface area (Å²) in [7, 11) is 0. The predicted octanol–water partition coefficient (Wildman–Crippen LogP) is 3.91. The molecule has 2 aromatic carbocycles. The van der Waals surface area contributed by atoms with Crippen LogP contribution < -0.4 is 0 Å². The standard InChI is InChI=1S/C14H9FN2O2.C9H10O4/c15-11-7-9-3-1-2-4-10(9)8-13(11)17-6-5-12(16-17)14(18)19;1-9(8(12)13)4-2-3-6(5-9)7(10)11/h1-8H,(H,18,19);2-4H,5H2,1H3,(H,10,11)(H,12,13). The van der Waals surface area contributed by atoms with Gasteiger partial charge in [-0.15, -0.1) is 0 Å². The largest absolute Gasteiger partial charge is 0.481 e. The fraction of sp³-hybridized carbons (Fsp3) is 0.130. The van der Waals surface area contributed by atoms with E-state index in [2.05, 4.69) is 5.10 Å². The lowest BCUT2D eigenvalue weighted by Gasteiger charge is -2.23. The summed E-state index contributed by atoms with van der Waals surface area (Å²) in [5, 5.41) is 31.8. The Kier molecular flexibility index (Phi) is 6.20. The van der Waals surface area contributed by atoms with Crippen molar-refractivity contribution in [3.05, 3.63) is 84.0 Å². The summed E-state index contributed by atoms with van der Waals surface area (Å²) >= 11 is 0. The molecule has 0 amide bonds. The van der Waals surface area contributed by atoms with Gasteiger partial charge in [0.25, 0.3) is 0 Å². The van der Waals surface area contributed by atoms with Crippen molar-refractivity contribution in [2.75, 3.05) is 0 Å². The molecule has 1 atom stereocenters. The number of hydrogen-bond donors (Lipinski definition) is 3. The molecule has 1 unspecified atom stereocenters. The third kappa shape index (κ3) is 4.72. The molecule has 9 heteroatoms. The van der Waals surface area contributed by atoms with Gasteiger partial charge in [-0.05, 0) is 42.3 Å². The zero-order chi connectivity index (χ0) is 23.5. The minimum absolute atomic E-state index is 0.0359. The van der Waals surface area contributed by atoms with Crippen LogP contribution in [-0.4, -0.2) is 43.0 Å². The van der Waals surface area contributed by atoms with Gasteiger partial charge in [0.2, 0.25) is 0 Å². The van der Waals surface area contributed by atoms with E-state index in [9.17, 15) is 18.8 Å². The molecule has 0 bridgehead atoms. The van der Waals surface area contributed by atoms with E-state index >= 15 is 0 Å². The third-order valence-corrected chi connectivity index (χ3v) is 4.95. The maximum atomic E-state index is 14.0. The molecule has 4 rings (SSSR count). The van der Waals surface area contributed by atoms with Crippen molar-refractivity contribution in [1.29, 1.82) is 0 Å². The quantitative estimate of drug-likeness (QED) is 0.563. The number of benzene rings is 2. The summed E-state index contributed by atoms with van der Waals surface area (Å²) in [5.74, 6) is -3.65. The average Bonchev–Trinajstić information content (AvgIpc) is 3.24. The first-order valence-corrected chi connectivity index (χ1v) is 9.43. The number of nitrogens with zero attached hydrogens (tertiary/aromatic N) is 2. The molecule has 1 aliphatic carbocycles. The molecule has 1 heterocycles. The molecular formula is C23H19FN2O6. The molecule has 0 fully saturated rings. The lowest BCUT2D eigenvalue weighted by Crippen LogP contribution is -2.28. The Morgan fingerprint density at radius 1 is 1.03 bits per heavy atom. The summed E-state index contributed by atoms with van der Waals surface area (Å²) in [6, 6.07) is 11.7. The number of rotatable bonds is 4. The molecule has 8 nitrogen and oxygen atoms in total. The Hall–Kier alpha value is -4.27. The lowest BCUT2D eigenvalue weighted by molar-refractivity contribution is -0.145. The molecule has 32 heavy (non-hydrogen) atoms. The second kappa shape index (κ2) is 8.84. The number of fused-ring (bicyclic) bond motifs is 1. The molecule has 3 N–H and O–H groups in total. The molecule has 0 saturated heterocycles. The van der Waals surface area contributed by atoms with Gasteiger partial charge < -0.3 is 15.3 Å². The molecule has 1 aliphatic rings. The van der Waals surface area contributed by atoms with E-state index in [-0.39, 0.29) is 23.4 Å². The summed E-state index contributed by atoms with van der Waals surface area (Å²) in [6.07, 6.45) is 5.86. The minimum Gasteiger partial charge on any atom is -0.481 e. The Morgan fingerprint density at radius 3 is 2.25 bits per heavy atom. The van der Waals surface area contributed by atoms with E-state index in [4.69, 9.17) is 15.3 Å². The van der Waals surface area contributed by atoms with Gasteiger partial charge >= 0.3 is 17.9 Å². The molecule has 0 aliphatic heterocycles. The van der Waals surface area contributed by atoms with E-state index in [1.54, 1.807) is 6.07 Å². The van der Waals surface area contributed by atoms with Crippen molar-refractivity contribution < 1.29 is 34.1 Å². The molecular weight excluding hydrogens is 419 g/mol. The second-order valence-electron chi connectivity index (χ2n) is 7.36. The number of halogens is 1. The fourth-order valence-electron chi connectivity index (χ4n) is 3.13. The van der Waals surface area contributed by atoms with Crippen LogP contribution in [0.2, 0.25) is 0 Å². The highest BCUT2D eigenvalue weighted by Crippen LogP contribution is 2.31. The summed E-state index contributed by atoms with van der Waals surface area (Å²) < 4.78 is 15.2. The van der Waals surface area contributed by atoms with E-state index < -0.39 is 29.1 Å². The third-order valence-electron chi connectivity index (χ3n) is 4.95. The van der Waals surface area contributed by atoms with E-state index in [0.717, 1.165) is 10.8 Å². The van der Waals surface area contributed by atoms with Gasteiger partial charge in [0.05, 0.1) is 5.41 Å². The van der Waals surface area contributed by atoms with Crippen LogP contribution in [0.4, 0.5) is 4.39 Å². The van der Waals surface area contributed by atoms with Crippen LogP contribution in [0, 0.1) is 11.2 Å². The van der Waals surface area contributed by atoms with E-state index in [0.29, 0.717) is 0 Å². The van der Waals surface area contributed by atoms with Crippen LogP contribution in [-0.2, 0) is 9.59 Å². The van der Waals surface area contributed by atoms with Crippen molar-refractivity contribution in [2.45, 2.75) is 13.3 Å². The number of allylic oxidation sites excluding steroid dienone is 2. The molecule has 0 radical (unpaired) electrons. The summed E-state index contributed by atoms with van der Waals surface area (Å²) in [6.45, 7) is 1.50. The van der Waals surface area contributed by atoms with Gasteiger partial charge in [0.15, 0.2) is 5.69 Å². The number of aromatic nitrogens is 2. The van der Waals surface area contributed by atoms with Crippen LogP contribution in [0.1, 0.15) is 23.8 Å². The van der Waals surface area contributed by atoms with Crippen molar-refractivity contribution in [2.24, 2.45) is 5.41 Å². The maximum Gasteiger partial charge on any atom is 0.356 e. The number of hydrogen-bond acceptors (Lipinski definition) is 4. The Balaban J connectivity index is 0.000000195. The van der Waals surface area contributed by atoms with E-state index in [1.165, 1.54) is 48.2 Å². The monoisotopic (exact) mass is 438 g/mol. The molecule has 164 valence electrons. The molecule has 3 aromatic rings. The molecule has 1 aromatic heterocycles. The Bertz CT molecular complexity index is 1280. The van der Waals surface area contributed by atoms with Crippen molar-refractivity contribution >= 4 is 28.7 Å². The number of carboxylic acids is 3. The Morgan fingerprint density at radius 2 is 1.69 bits per heavy atom. The highest BCUT2D eigenvalue weighted by atomic mass is 19.1. The smallest absolute Gasteiger partial charge is 0.356 e. The minimum atomic E-state index is -1.14. The van der Waals surface area contributed by atoms with Crippen LogP contribution in [0.25, 0.3) is 16.5 Å². The van der Waals surface area contributed by atoms with Gasteiger partial charge in [-0.2, -0.15) is 5.10 Å². The van der Waals surface area contributed by atoms with Gasteiger partial charge in [0, 0.05) is 11.8 Å². The first-order chi connectivity index (χ1) is 15.1. The molecule has 0 saturated carbocycles. The van der Waals surface area contributed by atoms with Gasteiger partial charge in [-0.1, -0.05) is 42.5 Å². The van der Waals surface area contributed by atoms with Crippen molar-refractivity contribution in [3.63, 3.8) is 0 Å². The number of carbonyl (C=O) groups is 3. The highest BCUT2D eigenvalue weighted by Gasteiger charge is 2.34. The van der Waals surface area contributed by atoms with Crippen LogP contribution in [0.5, 0.6) is 0 Å². The number of aliphatic carboxylic acids is 2. The van der Waals surface area contributed by atoms with Crippen LogP contribution >= 0.6 is 0 Å². The van der Waals surface area contributed by atoms with Crippen molar-refractivity contribution in [3.8, 4) is 5.69 Å². The normalized spacial score (nSPS) is 17.2. The zero-order valence-electron chi connectivity index (χ0n) is 16.9. The SMILES string of the molecule is CC1(C(=O)O)C=CC=C(C(=O)O)C1.O=C(O)c1ccn(-c2cc3ccccc3cc2F)n1. The summed E-state index contributed by atoms with van der Waals surface area (Å²) in [5.41, 5.74) is -0.839. The predicted molar refractivity (Wildman–Crippen MR) is 113 cm³/mol. The van der Waals surface area contributed by atoms with Crippen molar-refractivity contribution in [1.82, 2.24) is 9.78 Å². The number of carboxylic acid groups (broad SMARTS) is 3. The van der Waals surface area contributed by atoms with Gasteiger partial charge in [0.1, 0.15) is 11.5 Å². The lowest BCUT2D eigenvalue weighted by atomic mass is 9.80. The van der Waals surface area contributed by atoms with Gasteiger partial charge in [-0.25, -0.2) is 18.7 Å². The van der Waals surface area contributed by atoms with Crippen LogP contribution in [0.3, 0.4) is 0 Å². The zero-order valence-corrected chi connectivity index (χ0v) is 16.9. The highest BCUT2D eigenvalue weighted by molar-refractivity contribution is 5.90. The first kappa shape index (κ1) is 22.4. The first-order valence-electron chi connectivity index (χ1n) is 9.43. The van der Waals surface area contributed by atoms with E-state index in [1.807, 2.05) is 24.3 Å². The number of aromatic carboxylic acids is 1. The fourth-order valence-corrected chi connectivity index (χ4v) is 3.13. The Labute approximate surface area is 181 Å². The topological polar surface area (TPSA) is 130 Å². The second-order valence-corrected chi connectivity index (χ2v) is 7.36. The summed E-state index contributed by atoms with van der Waals surface area (Å²) in [4.78, 5) is 32.1. The van der Waals surface area contributed by atoms with Crippen LogP contribution in [0.15, 0.2) is 72.5 Å². The molecule has 0 spiro atoms. The maximum absolute atomic E-state index is 14.0.